The third-order valence-corrected chi connectivity index (χ3v) is 8.90. The van der Waals surface area contributed by atoms with Gasteiger partial charge in [0, 0.05) is 74.1 Å². The summed E-state index contributed by atoms with van der Waals surface area (Å²) in [7, 11) is 9.05. The molecule has 0 radical (unpaired) electrons. The number of alkyl halides is 3. The first-order valence-electron chi connectivity index (χ1n) is 4.07. The van der Waals surface area contributed by atoms with E-state index in [0.29, 0.717) is 0 Å². The molecule has 0 fully saturated rings. The molecule has 0 aromatic heterocycles. The Labute approximate surface area is 103 Å². The predicted octanol–water partition coefficient (Wildman–Crippen LogP) is 2.80. The van der Waals surface area contributed by atoms with Gasteiger partial charge in [0.2, 0.25) is 0 Å². The van der Waals surface area contributed by atoms with E-state index in [4.69, 9.17) is 0 Å². The monoisotopic (exact) mass is 352 g/mol. The summed E-state index contributed by atoms with van der Waals surface area (Å²) in [6.45, 7) is 0. The summed E-state index contributed by atoms with van der Waals surface area (Å²) in [5.74, 6) is 0. The largest absolute Gasteiger partial charge is 0.369 e. The molecule has 86 valence electrons. The van der Waals surface area contributed by atoms with Crippen molar-refractivity contribution in [3.8, 4) is 0 Å². The van der Waals surface area contributed by atoms with E-state index >= 15 is 0 Å². The zero-order valence-electron chi connectivity index (χ0n) is 9.42. The van der Waals surface area contributed by atoms with Crippen molar-refractivity contribution < 1.29 is 4.39 Å². The van der Waals surface area contributed by atoms with E-state index in [2.05, 4.69) is 31.9 Å². The van der Waals surface area contributed by atoms with Gasteiger partial charge >= 0.3 is 3.23 Å². The Morgan fingerprint density at radius 3 is 1.07 bits per heavy atom. The third kappa shape index (κ3) is 2.47. The Bertz CT molecular complexity index is 172. The second kappa shape index (κ2) is 5.02. The van der Waals surface area contributed by atoms with E-state index in [1.54, 1.807) is 0 Å². The molecular formula is C7H18Br2FN3P+. The topological polar surface area (TPSA) is 9.72 Å². The third-order valence-electron chi connectivity index (χ3n) is 2.01. The van der Waals surface area contributed by atoms with Crippen LogP contribution < -0.4 is 0 Å². The molecular weight excluding hydrogens is 336 g/mol. The van der Waals surface area contributed by atoms with E-state index in [0.717, 1.165) is 0 Å². The quantitative estimate of drug-likeness (QED) is 0.568. The highest BCUT2D eigenvalue weighted by molar-refractivity contribution is 9.27. The zero-order valence-corrected chi connectivity index (χ0v) is 13.5. The minimum atomic E-state index is -2.23. The molecule has 3 nitrogen and oxygen atoms in total. The van der Waals surface area contributed by atoms with Crippen LogP contribution in [0.4, 0.5) is 4.39 Å². The lowest BCUT2D eigenvalue weighted by Gasteiger charge is -2.42. The van der Waals surface area contributed by atoms with Crippen molar-refractivity contribution in [2.45, 2.75) is 3.23 Å². The zero-order chi connectivity index (χ0) is 11.7. The van der Waals surface area contributed by atoms with E-state index in [9.17, 15) is 4.39 Å². The van der Waals surface area contributed by atoms with Crippen molar-refractivity contribution in [3.63, 3.8) is 0 Å². The summed E-state index contributed by atoms with van der Waals surface area (Å²) in [4.78, 5) is 0. The van der Waals surface area contributed by atoms with Gasteiger partial charge in [-0.2, -0.15) is 18.4 Å². The molecule has 0 saturated heterocycles. The smallest absolute Gasteiger partial charge is 0.171 e. The van der Waals surface area contributed by atoms with Gasteiger partial charge in [-0.25, -0.2) is 0 Å². The lowest BCUT2D eigenvalue weighted by molar-refractivity contribution is 0.399. The van der Waals surface area contributed by atoms with Gasteiger partial charge in [-0.1, -0.05) is 0 Å². The number of hydrogen-bond donors (Lipinski definition) is 0. The van der Waals surface area contributed by atoms with Crippen LogP contribution in [0.2, 0.25) is 0 Å². The Balaban J connectivity index is 5.40. The van der Waals surface area contributed by atoms with Crippen LogP contribution in [0.1, 0.15) is 0 Å². The summed E-state index contributed by atoms with van der Waals surface area (Å²) < 4.78 is 18.4. The number of rotatable bonds is 4. The number of nitrogens with zero attached hydrogens (tertiary/aromatic N) is 3. The van der Waals surface area contributed by atoms with Gasteiger partial charge in [0.15, 0.2) is 0 Å². The highest BCUT2D eigenvalue weighted by Crippen LogP contribution is 2.77. The molecule has 0 aromatic carbocycles. The van der Waals surface area contributed by atoms with Crippen LogP contribution in [0.15, 0.2) is 0 Å². The van der Waals surface area contributed by atoms with Crippen LogP contribution in [0.3, 0.4) is 0 Å². The fourth-order valence-corrected chi connectivity index (χ4v) is 11.0. The standard InChI is InChI=1S/C7H18Br2FN3P/c1-11(2)14(12(3)4,13(5)6)7(8,9)10/h1-6H3/q+1. The summed E-state index contributed by atoms with van der Waals surface area (Å²) >= 11 is 6.16. The molecule has 0 aliphatic heterocycles. The van der Waals surface area contributed by atoms with Gasteiger partial charge in [0.05, 0.1) is 0 Å². The molecule has 0 heterocycles. The van der Waals surface area contributed by atoms with Crippen molar-refractivity contribution in [2.24, 2.45) is 0 Å². The van der Waals surface area contributed by atoms with Gasteiger partial charge in [0.1, 0.15) is 0 Å². The Hall–Kier alpha value is 1.20. The SMILES string of the molecule is CN(C)[P+](N(C)C)(N(C)C)C(F)(Br)Br. The predicted molar refractivity (Wildman–Crippen MR) is 69.7 cm³/mol. The molecule has 0 aliphatic rings. The first-order valence-corrected chi connectivity index (χ1v) is 7.31. The van der Waals surface area contributed by atoms with Crippen molar-refractivity contribution >= 4 is 39.6 Å². The fourth-order valence-electron chi connectivity index (χ4n) is 1.75. The van der Waals surface area contributed by atoms with E-state index in [1.807, 2.05) is 56.3 Å². The first-order chi connectivity index (χ1) is 6.08. The Morgan fingerprint density at radius 2 is 1.07 bits per heavy atom. The van der Waals surface area contributed by atoms with Gasteiger partial charge in [0.25, 0.3) is 7.71 Å². The second-order valence-electron chi connectivity index (χ2n) is 3.58. The minimum Gasteiger partial charge on any atom is -0.171 e. The molecule has 0 rings (SSSR count). The van der Waals surface area contributed by atoms with Gasteiger partial charge in [-0.3, -0.25) is 0 Å². The number of hydrogen-bond acceptors (Lipinski definition) is 3. The van der Waals surface area contributed by atoms with E-state index < -0.39 is 10.9 Å². The summed E-state index contributed by atoms with van der Waals surface area (Å²) in [5.41, 5.74) is 0. The summed E-state index contributed by atoms with van der Waals surface area (Å²) in [6, 6.07) is 0. The second-order valence-corrected chi connectivity index (χ2v) is 12.2. The highest BCUT2D eigenvalue weighted by Gasteiger charge is 2.65. The normalized spacial score (nSPS) is 14.6. The van der Waals surface area contributed by atoms with Gasteiger partial charge < -0.3 is 0 Å². The van der Waals surface area contributed by atoms with E-state index in [1.165, 1.54) is 0 Å². The van der Waals surface area contributed by atoms with Crippen LogP contribution >= 0.6 is 39.6 Å². The average molecular weight is 354 g/mol. The summed E-state index contributed by atoms with van der Waals surface area (Å²) in [5, 5.41) is 0. The lowest BCUT2D eigenvalue weighted by atomic mass is 11.2. The van der Waals surface area contributed by atoms with Crippen molar-refractivity contribution in [1.82, 2.24) is 14.0 Å². The Morgan fingerprint density at radius 1 is 0.857 bits per heavy atom. The van der Waals surface area contributed by atoms with Crippen LogP contribution in [0, 0.1) is 0 Å². The van der Waals surface area contributed by atoms with Crippen LogP contribution in [-0.4, -0.2) is 59.5 Å². The average Bonchev–Trinajstić information content (AvgIpc) is 1.79. The molecule has 0 aromatic rings. The molecule has 0 amide bonds. The van der Waals surface area contributed by atoms with Crippen LogP contribution in [0.25, 0.3) is 0 Å². The first kappa shape index (κ1) is 15.2. The maximum atomic E-state index is 14.2. The van der Waals surface area contributed by atoms with Crippen molar-refractivity contribution in [2.75, 3.05) is 42.3 Å². The molecule has 0 unspecified atom stereocenters. The maximum Gasteiger partial charge on any atom is 0.369 e. The summed E-state index contributed by atoms with van der Waals surface area (Å²) in [6.07, 6.45) is 0. The lowest BCUT2D eigenvalue weighted by Crippen LogP contribution is -2.42. The molecule has 7 heteroatoms. The minimum absolute atomic E-state index is 1.61. The van der Waals surface area contributed by atoms with Gasteiger partial charge in [-0.15, -0.1) is 0 Å². The Kier molecular flexibility index (Phi) is 5.45. The number of halogens is 3. The van der Waals surface area contributed by atoms with Crippen LogP contribution in [-0.2, 0) is 0 Å². The molecule has 0 aliphatic carbocycles. The molecule has 14 heavy (non-hydrogen) atoms. The molecule has 0 N–H and O–H groups in total. The maximum absolute atomic E-state index is 14.2. The molecule has 0 bridgehead atoms. The molecule has 0 atom stereocenters. The van der Waals surface area contributed by atoms with Crippen LogP contribution in [0.5, 0.6) is 0 Å². The molecule has 0 spiro atoms. The molecule has 0 saturated carbocycles. The highest BCUT2D eigenvalue weighted by atomic mass is 79.9. The van der Waals surface area contributed by atoms with Crippen molar-refractivity contribution in [1.29, 1.82) is 0 Å². The van der Waals surface area contributed by atoms with Crippen molar-refractivity contribution in [3.05, 3.63) is 0 Å². The fraction of sp³-hybridized carbons (Fsp3) is 1.00. The van der Waals surface area contributed by atoms with Gasteiger partial charge in [-0.05, 0) is 0 Å². The van der Waals surface area contributed by atoms with E-state index in [-0.39, 0.29) is 0 Å².